The minimum atomic E-state index is -0.0308. The molecule has 0 bridgehead atoms. The Labute approximate surface area is 319 Å². The van der Waals surface area contributed by atoms with Crippen molar-refractivity contribution in [3.8, 4) is 11.5 Å². The lowest BCUT2D eigenvalue weighted by molar-refractivity contribution is 0.303. The summed E-state index contributed by atoms with van der Waals surface area (Å²) in [7, 11) is -0.0308. The fourth-order valence-corrected chi connectivity index (χ4v) is 7.77. The van der Waals surface area contributed by atoms with Crippen molar-refractivity contribution in [1.82, 2.24) is 0 Å². The largest absolute Gasteiger partial charge is 0.494 e. The summed E-state index contributed by atoms with van der Waals surface area (Å²) in [6.45, 7) is 6.16. The molecular formula is C47H80O3Si. The average Bonchev–Trinajstić information content (AvgIpc) is 3.15. The second-order valence-corrected chi connectivity index (χ2v) is 16.1. The standard InChI is InChI=1S/C47H80O3Si/c1-3-5-7-9-11-13-15-17-19-21-23-25-27-29-38-49-45-35-31-33-43(41-45)47(37-40-51-48)44-34-32-36-46(42-44)50-39-30-28-26-24-22-20-18-16-14-12-10-8-6-4-2/h31-36,41-42,47-48H,3-30,37-40H2,1-2H3. The molecule has 2 radical (unpaired) electrons. The van der Waals surface area contributed by atoms with Gasteiger partial charge in [-0.1, -0.05) is 205 Å². The van der Waals surface area contributed by atoms with Gasteiger partial charge in [-0.05, 0) is 60.7 Å². The molecule has 0 aromatic heterocycles. The van der Waals surface area contributed by atoms with Crippen molar-refractivity contribution in [3.05, 3.63) is 59.7 Å². The van der Waals surface area contributed by atoms with Gasteiger partial charge in [0.05, 0.1) is 13.2 Å². The Hall–Kier alpha value is -1.78. The number of rotatable bonds is 37. The summed E-state index contributed by atoms with van der Waals surface area (Å²) < 4.78 is 12.5. The van der Waals surface area contributed by atoms with Gasteiger partial charge in [-0.25, -0.2) is 0 Å². The highest BCUT2D eigenvalue weighted by atomic mass is 28.2. The lowest BCUT2D eigenvalue weighted by Crippen LogP contribution is -2.05. The first-order valence-corrected chi connectivity index (χ1v) is 23.3. The Morgan fingerprint density at radius 2 is 0.765 bits per heavy atom. The topological polar surface area (TPSA) is 38.7 Å². The molecule has 0 unspecified atom stereocenters. The fraction of sp³-hybridized carbons (Fsp3) is 0.745. The molecule has 0 saturated carbocycles. The molecule has 2 aromatic rings. The quantitative estimate of drug-likeness (QED) is 0.0558. The summed E-state index contributed by atoms with van der Waals surface area (Å²) in [5, 5.41) is 0. The van der Waals surface area contributed by atoms with Crippen LogP contribution in [0.4, 0.5) is 0 Å². The van der Waals surface area contributed by atoms with E-state index in [0.29, 0.717) is 0 Å². The van der Waals surface area contributed by atoms with E-state index in [1.165, 1.54) is 178 Å². The number of unbranched alkanes of at least 4 members (excludes halogenated alkanes) is 26. The summed E-state index contributed by atoms with van der Waals surface area (Å²) in [5.74, 6) is 2.14. The predicted octanol–water partition coefficient (Wildman–Crippen LogP) is 15.0. The molecule has 0 aliphatic heterocycles. The van der Waals surface area contributed by atoms with E-state index in [1.54, 1.807) is 0 Å². The van der Waals surface area contributed by atoms with Gasteiger partial charge in [0.15, 0.2) is 0 Å². The summed E-state index contributed by atoms with van der Waals surface area (Å²) >= 11 is 0. The van der Waals surface area contributed by atoms with Gasteiger partial charge in [-0.3, -0.25) is 0 Å². The third-order valence-corrected chi connectivity index (χ3v) is 11.1. The molecule has 0 heterocycles. The maximum absolute atomic E-state index is 9.70. The molecule has 3 nitrogen and oxygen atoms in total. The van der Waals surface area contributed by atoms with Crippen LogP contribution in [0, 0.1) is 0 Å². The molecule has 4 heteroatoms. The second kappa shape index (κ2) is 34.0. The first-order valence-electron chi connectivity index (χ1n) is 22.1. The molecule has 290 valence electrons. The van der Waals surface area contributed by atoms with Gasteiger partial charge in [0, 0.05) is 5.92 Å². The Morgan fingerprint density at radius 3 is 1.08 bits per heavy atom. The van der Waals surface area contributed by atoms with Gasteiger partial charge in [0.2, 0.25) is 9.76 Å². The van der Waals surface area contributed by atoms with Crippen LogP contribution in [0.15, 0.2) is 48.5 Å². The zero-order chi connectivity index (χ0) is 36.3. The predicted molar refractivity (Wildman–Crippen MR) is 224 cm³/mol. The molecular weight excluding hydrogens is 641 g/mol. The van der Waals surface area contributed by atoms with Gasteiger partial charge in [-0.15, -0.1) is 0 Å². The van der Waals surface area contributed by atoms with E-state index in [2.05, 4.69) is 62.4 Å². The summed E-state index contributed by atoms with van der Waals surface area (Å²) in [6.07, 6.45) is 39.3. The lowest BCUT2D eigenvalue weighted by Gasteiger charge is -2.19. The van der Waals surface area contributed by atoms with Crippen molar-refractivity contribution in [2.24, 2.45) is 0 Å². The number of benzene rings is 2. The van der Waals surface area contributed by atoms with Crippen LogP contribution in [0.5, 0.6) is 11.5 Å². The Balaban J connectivity index is 1.62. The van der Waals surface area contributed by atoms with E-state index in [9.17, 15) is 4.80 Å². The van der Waals surface area contributed by atoms with Crippen LogP contribution in [-0.2, 0) is 0 Å². The first-order chi connectivity index (χ1) is 25.3. The van der Waals surface area contributed by atoms with Crippen LogP contribution in [-0.4, -0.2) is 27.8 Å². The Bertz CT molecular complexity index is 949. The number of hydrogen-bond acceptors (Lipinski definition) is 3. The summed E-state index contributed by atoms with van der Waals surface area (Å²) in [4.78, 5) is 9.70. The van der Waals surface area contributed by atoms with Gasteiger partial charge < -0.3 is 14.3 Å². The van der Waals surface area contributed by atoms with Gasteiger partial charge >= 0.3 is 0 Å². The molecule has 0 saturated heterocycles. The van der Waals surface area contributed by atoms with Crippen LogP contribution in [0.2, 0.25) is 6.04 Å². The summed E-state index contributed by atoms with van der Waals surface area (Å²) in [6, 6.07) is 18.1. The fourth-order valence-electron chi connectivity index (χ4n) is 7.35. The average molecular weight is 721 g/mol. The van der Waals surface area contributed by atoms with Crippen molar-refractivity contribution in [1.29, 1.82) is 0 Å². The normalized spacial score (nSPS) is 11.5. The first kappa shape index (κ1) is 45.4. The maximum atomic E-state index is 9.70. The van der Waals surface area contributed by atoms with Crippen LogP contribution in [0.25, 0.3) is 0 Å². The molecule has 0 aliphatic carbocycles. The SMILES string of the molecule is CCCCCCCCCCCCCCCCOc1cccc(C(CC[Si]O)c2cccc(OCCCCCCCCCCCCCCCC)c2)c1. The van der Waals surface area contributed by atoms with E-state index < -0.39 is 0 Å². The number of ether oxygens (including phenoxy) is 2. The van der Waals surface area contributed by atoms with Crippen molar-refractivity contribution in [2.45, 2.75) is 212 Å². The van der Waals surface area contributed by atoms with Gasteiger partial charge in [-0.2, -0.15) is 0 Å². The van der Waals surface area contributed by atoms with Gasteiger partial charge in [0.25, 0.3) is 0 Å². The van der Waals surface area contributed by atoms with E-state index >= 15 is 0 Å². The molecule has 1 N–H and O–H groups in total. The third kappa shape index (κ3) is 25.0. The highest BCUT2D eigenvalue weighted by molar-refractivity contribution is 6.25. The van der Waals surface area contributed by atoms with E-state index in [1.807, 2.05) is 0 Å². The van der Waals surface area contributed by atoms with Crippen molar-refractivity contribution in [3.63, 3.8) is 0 Å². The Morgan fingerprint density at radius 1 is 0.451 bits per heavy atom. The van der Waals surface area contributed by atoms with Crippen molar-refractivity contribution < 1.29 is 14.3 Å². The van der Waals surface area contributed by atoms with Crippen LogP contribution < -0.4 is 9.47 Å². The molecule has 2 rings (SSSR count). The second-order valence-electron chi connectivity index (χ2n) is 15.3. The molecule has 0 fully saturated rings. The lowest BCUT2D eigenvalue weighted by atomic mass is 9.89. The van der Waals surface area contributed by atoms with E-state index in [-0.39, 0.29) is 15.7 Å². The Kier molecular flexibility index (Phi) is 30.3. The van der Waals surface area contributed by atoms with E-state index in [4.69, 9.17) is 9.47 Å². The van der Waals surface area contributed by atoms with Crippen LogP contribution in [0.3, 0.4) is 0 Å². The maximum Gasteiger partial charge on any atom is 0.224 e. The number of hydrogen-bond donors (Lipinski definition) is 1. The minimum Gasteiger partial charge on any atom is -0.494 e. The van der Waals surface area contributed by atoms with E-state index in [0.717, 1.165) is 50.0 Å². The van der Waals surface area contributed by atoms with Crippen LogP contribution in [0.1, 0.15) is 217 Å². The minimum absolute atomic E-state index is 0.0308. The monoisotopic (exact) mass is 721 g/mol. The smallest absolute Gasteiger partial charge is 0.224 e. The van der Waals surface area contributed by atoms with Crippen molar-refractivity contribution >= 4 is 9.76 Å². The molecule has 2 aromatic carbocycles. The zero-order valence-electron chi connectivity index (χ0n) is 33.6. The molecule has 51 heavy (non-hydrogen) atoms. The zero-order valence-corrected chi connectivity index (χ0v) is 34.6. The molecule has 0 amide bonds. The van der Waals surface area contributed by atoms with Gasteiger partial charge in [0.1, 0.15) is 11.5 Å². The highest BCUT2D eigenvalue weighted by Crippen LogP contribution is 2.33. The molecule has 0 spiro atoms. The highest BCUT2D eigenvalue weighted by Gasteiger charge is 2.16. The van der Waals surface area contributed by atoms with Crippen molar-refractivity contribution in [2.75, 3.05) is 13.2 Å². The molecule has 0 aliphatic rings. The molecule has 0 atom stereocenters. The third-order valence-electron chi connectivity index (χ3n) is 10.6. The van der Waals surface area contributed by atoms with Crippen LogP contribution >= 0.6 is 0 Å². The summed E-state index contributed by atoms with van der Waals surface area (Å²) in [5.41, 5.74) is 2.52.